The molecular formula is C13H19NO3S. The Kier molecular flexibility index (Phi) is 4.24. The van der Waals surface area contributed by atoms with Crippen LogP contribution in [0.2, 0.25) is 0 Å². The second-order valence-corrected chi connectivity index (χ2v) is 6.77. The van der Waals surface area contributed by atoms with E-state index in [0.29, 0.717) is 13.2 Å². The molecule has 2 rings (SSSR count). The summed E-state index contributed by atoms with van der Waals surface area (Å²) in [6.45, 7) is 2.99. The van der Waals surface area contributed by atoms with E-state index in [2.05, 4.69) is 12.2 Å². The van der Waals surface area contributed by atoms with Crippen LogP contribution in [0.1, 0.15) is 12.5 Å². The highest BCUT2D eigenvalue weighted by molar-refractivity contribution is 7.91. The molecule has 1 saturated heterocycles. The zero-order chi connectivity index (χ0) is 13.0. The van der Waals surface area contributed by atoms with Gasteiger partial charge in [0.1, 0.15) is 12.4 Å². The monoisotopic (exact) mass is 269 g/mol. The normalized spacial score (nSPS) is 22.6. The number of nitrogens with one attached hydrogen (secondary N) is 1. The number of para-hydroxylation sites is 1. The standard InChI is InChI=1S/C13H19NO3S/c1-2-11-5-3-4-6-13(11)17-9-12-10-18(15,16)8-7-14-12/h3-6,12,14H,2,7-10H2,1H3. The molecule has 1 aliphatic rings. The molecule has 1 N–H and O–H groups in total. The summed E-state index contributed by atoms with van der Waals surface area (Å²) < 4.78 is 28.7. The predicted octanol–water partition coefficient (Wildman–Crippen LogP) is 1.01. The van der Waals surface area contributed by atoms with Crippen molar-refractivity contribution in [2.24, 2.45) is 0 Å². The van der Waals surface area contributed by atoms with Gasteiger partial charge in [-0.1, -0.05) is 25.1 Å². The summed E-state index contributed by atoms with van der Waals surface area (Å²) in [6, 6.07) is 7.76. The van der Waals surface area contributed by atoms with Crippen LogP contribution in [0.25, 0.3) is 0 Å². The number of benzene rings is 1. The molecule has 100 valence electrons. The lowest BCUT2D eigenvalue weighted by Gasteiger charge is -2.24. The highest BCUT2D eigenvalue weighted by atomic mass is 32.2. The minimum absolute atomic E-state index is 0.103. The Morgan fingerprint density at radius 2 is 2.17 bits per heavy atom. The minimum atomic E-state index is -2.89. The molecule has 0 amide bonds. The molecule has 1 aromatic rings. The van der Waals surface area contributed by atoms with Crippen LogP contribution in [0, 0.1) is 0 Å². The summed E-state index contributed by atoms with van der Waals surface area (Å²) in [6.07, 6.45) is 0.909. The topological polar surface area (TPSA) is 55.4 Å². The van der Waals surface area contributed by atoms with Crippen LogP contribution in [0.3, 0.4) is 0 Å². The molecule has 0 bridgehead atoms. The third kappa shape index (κ3) is 3.46. The van der Waals surface area contributed by atoms with Gasteiger partial charge >= 0.3 is 0 Å². The zero-order valence-electron chi connectivity index (χ0n) is 10.6. The fourth-order valence-electron chi connectivity index (χ4n) is 2.10. The molecule has 1 fully saturated rings. The van der Waals surface area contributed by atoms with E-state index >= 15 is 0 Å². The van der Waals surface area contributed by atoms with Crippen molar-refractivity contribution in [1.29, 1.82) is 0 Å². The van der Waals surface area contributed by atoms with Crippen LogP contribution in [0.15, 0.2) is 24.3 Å². The number of hydrogen-bond acceptors (Lipinski definition) is 4. The first kappa shape index (κ1) is 13.4. The third-order valence-corrected chi connectivity index (χ3v) is 4.83. The Morgan fingerprint density at radius 3 is 2.89 bits per heavy atom. The zero-order valence-corrected chi connectivity index (χ0v) is 11.4. The van der Waals surface area contributed by atoms with Crippen LogP contribution >= 0.6 is 0 Å². The molecule has 0 aliphatic carbocycles. The average Bonchev–Trinajstić information content (AvgIpc) is 2.35. The lowest BCUT2D eigenvalue weighted by atomic mass is 10.1. The Labute approximate surface area is 108 Å². The third-order valence-electron chi connectivity index (χ3n) is 3.09. The average molecular weight is 269 g/mol. The molecule has 0 saturated carbocycles. The predicted molar refractivity (Wildman–Crippen MR) is 71.8 cm³/mol. The van der Waals surface area contributed by atoms with Gasteiger partial charge in [0.25, 0.3) is 0 Å². The van der Waals surface area contributed by atoms with Crippen molar-refractivity contribution >= 4 is 9.84 Å². The maximum absolute atomic E-state index is 11.5. The minimum Gasteiger partial charge on any atom is -0.492 e. The van der Waals surface area contributed by atoms with E-state index in [0.717, 1.165) is 17.7 Å². The number of aryl methyl sites for hydroxylation is 1. The fraction of sp³-hybridized carbons (Fsp3) is 0.538. The number of hydrogen-bond donors (Lipinski definition) is 1. The van der Waals surface area contributed by atoms with Crippen molar-refractivity contribution in [3.8, 4) is 5.75 Å². The largest absolute Gasteiger partial charge is 0.492 e. The summed E-state index contributed by atoms with van der Waals surface area (Å²) in [5.41, 5.74) is 1.15. The van der Waals surface area contributed by atoms with Gasteiger partial charge in [0.05, 0.1) is 17.5 Å². The van der Waals surface area contributed by atoms with Gasteiger partial charge in [0.2, 0.25) is 0 Å². The van der Waals surface area contributed by atoms with Crippen molar-refractivity contribution in [2.45, 2.75) is 19.4 Å². The Bertz CT molecular complexity index is 499. The van der Waals surface area contributed by atoms with Crippen molar-refractivity contribution in [2.75, 3.05) is 24.7 Å². The molecule has 1 aliphatic heterocycles. The smallest absolute Gasteiger partial charge is 0.153 e. The van der Waals surface area contributed by atoms with E-state index in [1.54, 1.807) is 0 Å². The molecule has 0 radical (unpaired) electrons. The van der Waals surface area contributed by atoms with Gasteiger partial charge in [0, 0.05) is 6.54 Å². The van der Waals surface area contributed by atoms with Crippen LogP contribution in [0.5, 0.6) is 5.75 Å². The lowest BCUT2D eigenvalue weighted by molar-refractivity contribution is 0.271. The Hall–Kier alpha value is -1.07. The van der Waals surface area contributed by atoms with Gasteiger partial charge in [-0.25, -0.2) is 8.42 Å². The van der Waals surface area contributed by atoms with Gasteiger partial charge < -0.3 is 10.1 Å². The Balaban J connectivity index is 1.95. The van der Waals surface area contributed by atoms with E-state index in [-0.39, 0.29) is 17.5 Å². The number of sulfone groups is 1. The molecule has 1 heterocycles. The molecule has 0 spiro atoms. The van der Waals surface area contributed by atoms with E-state index in [1.807, 2.05) is 24.3 Å². The second kappa shape index (κ2) is 5.71. The van der Waals surface area contributed by atoms with Crippen molar-refractivity contribution in [3.05, 3.63) is 29.8 Å². The molecule has 1 aromatic carbocycles. The van der Waals surface area contributed by atoms with Crippen molar-refractivity contribution < 1.29 is 13.2 Å². The summed E-state index contributed by atoms with van der Waals surface area (Å²) in [5.74, 6) is 1.25. The highest BCUT2D eigenvalue weighted by Crippen LogP contribution is 2.18. The van der Waals surface area contributed by atoms with Crippen molar-refractivity contribution in [1.82, 2.24) is 5.32 Å². The molecule has 1 atom stereocenters. The summed E-state index contributed by atoms with van der Waals surface area (Å²) in [4.78, 5) is 0. The number of ether oxygens (including phenoxy) is 1. The summed E-state index contributed by atoms with van der Waals surface area (Å²) >= 11 is 0. The van der Waals surface area contributed by atoms with Crippen LogP contribution in [0.4, 0.5) is 0 Å². The van der Waals surface area contributed by atoms with Crippen LogP contribution < -0.4 is 10.1 Å². The Morgan fingerprint density at radius 1 is 1.39 bits per heavy atom. The molecular weight excluding hydrogens is 250 g/mol. The lowest BCUT2D eigenvalue weighted by Crippen LogP contribution is -2.48. The molecule has 1 unspecified atom stereocenters. The second-order valence-electron chi connectivity index (χ2n) is 4.54. The van der Waals surface area contributed by atoms with Crippen LogP contribution in [-0.4, -0.2) is 39.1 Å². The molecule has 4 nitrogen and oxygen atoms in total. The van der Waals surface area contributed by atoms with E-state index in [4.69, 9.17) is 4.74 Å². The SMILES string of the molecule is CCc1ccccc1OCC1CS(=O)(=O)CCN1. The van der Waals surface area contributed by atoms with Gasteiger partial charge in [-0.2, -0.15) is 0 Å². The van der Waals surface area contributed by atoms with E-state index < -0.39 is 9.84 Å². The maximum atomic E-state index is 11.5. The summed E-state index contributed by atoms with van der Waals surface area (Å²) in [5, 5.41) is 3.18. The molecule has 5 heteroatoms. The molecule has 0 aromatic heterocycles. The summed E-state index contributed by atoms with van der Waals surface area (Å²) in [7, 11) is -2.89. The molecule has 18 heavy (non-hydrogen) atoms. The first-order chi connectivity index (χ1) is 8.61. The van der Waals surface area contributed by atoms with Gasteiger partial charge in [-0.15, -0.1) is 0 Å². The van der Waals surface area contributed by atoms with Crippen molar-refractivity contribution in [3.63, 3.8) is 0 Å². The van der Waals surface area contributed by atoms with E-state index in [9.17, 15) is 8.42 Å². The first-order valence-electron chi connectivity index (χ1n) is 6.25. The number of rotatable bonds is 4. The maximum Gasteiger partial charge on any atom is 0.153 e. The van der Waals surface area contributed by atoms with Crippen LogP contribution in [-0.2, 0) is 16.3 Å². The van der Waals surface area contributed by atoms with Gasteiger partial charge in [-0.05, 0) is 18.1 Å². The quantitative estimate of drug-likeness (QED) is 0.886. The van der Waals surface area contributed by atoms with Gasteiger partial charge in [0.15, 0.2) is 9.84 Å². The first-order valence-corrected chi connectivity index (χ1v) is 8.07. The fourth-order valence-corrected chi connectivity index (χ4v) is 3.52. The van der Waals surface area contributed by atoms with E-state index in [1.165, 1.54) is 0 Å². The highest BCUT2D eigenvalue weighted by Gasteiger charge is 2.24. The van der Waals surface area contributed by atoms with Gasteiger partial charge in [-0.3, -0.25) is 0 Å².